The number of aryl methyl sites for hydroxylation is 1. The number of aromatic nitrogens is 2. The summed E-state index contributed by atoms with van der Waals surface area (Å²) < 4.78 is 10.8. The van der Waals surface area contributed by atoms with Crippen molar-refractivity contribution in [2.75, 3.05) is 6.54 Å². The third kappa shape index (κ3) is 4.55. The fourth-order valence-electron chi connectivity index (χ4n) is 2.56. The van der Waals surface area contributed by atoms with Gasteiger partial charge in [0, 0.05) is 18.5 Å². The highest BCUT2D eigenvalue weighted by Crippen LogP contribution is 2.18. The van der Waals surface area contributed by atoms with E-state index >= 15 is 0 Å². The standard InChI is InChI=1S/C19H20N4O2/c1-2-15-6-8-16(9-7-15)19-21-18(25-22-19)14-23(11-4-10-20)13-17-5-3-12-24-17/h3,5-9,12H,2,4,11,13-14H2,1H3. The maximum Gasteiger partial charge on any atom is 0.241 e. The van der Waals surface area contributed by atoms with Gasteiger partial charge in [0.15, 0.2) is 0 Å². The molecule has 2 aromatic heterocycles. The summed E-state index contributed by atoms with van der Waals surface area (Å²) in [5, 5.41) is 12.9. The van der Waals surface area contributed by atoms with Crippen molar-refractivity contribution < 1.29 is 8.94 Å². The van der Waals surface area contributed by atoms with Crippen molar-refractivity contribution in [3.63, 3.8) is 0 Å². The molecule has 6 nitrogen and oxygen atoms in total. The average molecular weight is 336 g/mol. The Hall–Kier alpha value is -2.91. The van der Waals surface area contributed by atoms with Crippen molar-refractivity contribution in [3.8, 4) is 17.5 Å². The molecule has 2 heterocycles. The van der Waals surface area contributed by atoms with E-state index in [1.165, 1.54) is 5.56 Å². The number of hydrogen-bond acceptors (Lipinski definition) is 6. The van der Waals surface area contributed by atoms with Crippen LogP contribution in [0.5, 0.6) is 0 Å². The molecule has 6 heteroatoms. The molecule has 0 fully saturated rings. The minimum Gasteiger partial charge on any atom is -0.468 e. The molecule has 0 spiro atoms. The van der Waals surface area contributed by atoms with Crippen LogP contribution in [0.4, 0.5) is 0 Å². The van der Waals surface area contributed by atoms with Gasteiger partial charge in [-0.25, -0.2) is 0 Å². The lowest BCUT2D eigenvalue weighted by Gasteiger charge is -2.17. The van der Waals surface area contributed by atoms with Gasteiger partial charge in [-0.2, -0.15) is 10.2 Å². The Kier molecular flexibility index (Phi) is 5.60. The first-order chi connectivity index (χ1) is 12.3. The van der Waals surface area contributed by atoms with E-state index < -0.39 is 0 Å². The minimum absolute atomic E-state index is 0.431. The third-order valence-electron chi connectivity index (χ3n) is 3.95. The Morgan fingerprint density at radius 3 is 2.68 bits per heavy atom. The van der Waals surface area contributed by atoms with Gasteiger partial charge in [-0.15, -0.1) is 0 Å². The largest absolute Gasteiger partial charge is 0.468 e. The first-order valence-corrected chi connectivity index (χ1v) is 8.32. The number of rotatable bonds is 8. The van der Waals surface area contributed by atoms with Crippen molar-refractivity contribution in [2.24, 2.45) is 0 Å². The Morgan fingerprint density at radius 1 is 1.16 bits per heavy atom. The van der Waals surface area contributed by atoms with Crippen molar-refractivity contribution >= 4 is 0 Å². The molecule has 0 saturated heterocycles. The van der Waals surface area contributed by atoms with Gasteiger partial charge in [0.05, 0.1) is 25.4 Å². The minimum atomic E-state index is 0.431. The number of benzene rings is 1. The normalized spacial score (nSPS) is 10.9. The van der Waals surface area contributed by atoms with Crippen LogP contribution in [-0.4, -0.2) is 21.6 Å². The van der Waals surface area contributed by atoms with E-state index in [-0.39, 0.29) is 0 Å². The van der Waals surface area contributed by atoms with E-state index in [0.29, 0.717) is 37.8 Å². The monoisotopic (exact) mass is 336 g/mol. The van der Waals surface area contributed by atoms with Gasteiger partial charge in [-0.05, 0) is 24.1 Å². The van der Waals surface area contributed by atoms with Crippen LogP contribution in [0.25, 0.3) is 11.4 Å². The molecule has 0 unspecified atom stereocenters. The lowest BCUT2D eigenvalue weighted by Crippen LogP contribution is -2.23. The molecule has 1 aromatic carbocycles. The van der Waals surface area contributed by atoms with Gasteiger partial charge < -0.3 is 8.94 Å². The molecule has 0 saturated carbocycles. The highest BCUT2D eigenvalue weighted by atomic mass is 16.5. The Bertz CT molecular complexity index is 816. The average Bonchev–Trinajstić information content (AvgIpc) is 3.32. The molecule has 0 N–H and O–H groups in total. The molecule has 0 aliphatic heterocycles. The second kappa shape index (κ2) is 8.27. The molecule has 0 bridgehead atoms. The smallest absolute Gasteiger partial charge is 0.241 e. The van der Waals surface area contributed by atoms with Crippen molar-refractivity contribution in [1.82, 2.24) is 15.0 Å². The van der Waals surface area contributed by atoms with Crippen LogP contribution in [-0.2, 0) is 19.5 Å². The topological polar surface area (TPSA) is 79.1 Å². The van der Waals surface area contributed by atoms with E-state index in [1.807, 2.05) is 24.3 Å². The fourth-order valence-corrected chi connectivity index (χ4v) is 2.56. The van der Waals surface area contributed by atoms with Crippen LogP contribution in [0.2, 0.25) is 0 Å². The van der Waals surface area contributed by atoms with E-state index in [2.05, 4.69) is 40.2 Å². The molecular weight excluding hydrogens is 316 g/mol. The van der Waals surface area contributed by atoms with Crippen LogP contribution in [0, 0.1) is 11.3 Å². The fraction of sp³-hybridized carbons (Fsp3) is 0.316. The summed E-state index contributed by atoms with van der Waals surface area (Å²) in [4.78, 5) is 6.54. The van der Waals surface area contributed by atoms with E-state index in [4.69, 9.17) is 14.2 Å². The van der Waals surface area contributed by atoms with Crippen LogP contribution in [0.15, 0.2) is 51.6 Å². The Balaban J connectivity index is 1.69. The number of nitrogens with zero attached hydrogens (tertiary/aromatic N) is 4. The summed E-state index contributed by atoms with van der Waals surface area (Å²) in [6, 6.07) is 14.1. The first kappa shape index (κ1) is 16.9. The second-order valence-electron chi connectivity index (χ2n) is 5.76. The molecule has 0 radical (unpaired) electrons. The zero-order valence-electron chi connectivity index (χ0n) is 14.2. The maximum atomic E-state index is 8.85. The predicted octanol–water partition coefficient (Wildman–Crippen LogP) is 3.81. The predicted molar refractivity (Wildman–Crippen MR) is 92.2 cm³/mol. The molecule has 0 aliphatic rings. The van der Waals surface area contributed by atoms with E-state index in [0.717, 1.165) is 17.7 Å². The summed E-state index contributed by atoms with van der Waals surface area (Å²) in [7, 11) is 0. The van der Waals surface area contributed by atoms with Gasteiger partial charge in [0.2, 0.25) is 11.7 Å². The quantitative estimate of drug-likeness (QED) is 0.622. The highest BCUT2D eigenvalue weighted by molar-refractivity contribution is 5.54. The van der Waals surface area contributed by atoms with Gasteiger partial charge in [-0.1, -0.05) is 36.3 Å². The molecule has 0 atom stereocenters. The number of nitriles is 1. The number of furan rings is 1. The lowest BCUT2D eigenvalue weighted by molar-refractivity contribution is 0.208. The van der Waals surface area contributed by atoms with Crippen LogP contribution in [0.3, 0.4) is 0 Å². The van der Waals surface area contributed by atoms with Crippen LogP contribution in [0.1, 0.15) is 30.6 Å². The van der Waals surface area contributed by atoms with Crippen molar-refractivity contribution in [3.05, 3.63) is 59.9 Å². The SMILES string of the molecule is CCc1ccc(-c2noc(CN(CCC#N)Cc3ccco3)n2)cc1. The second-order valence-corrected chi connectivity index (χ2v) is 5.76. The Labute approximate surface area is 146 Å². The summed E-state index contributed by atoms with van der Waals surface area (Å²) in [5.74, 6) is 1.95. The summed E-state index contributed by atoms with van der Waals surface area (Å²) in [6.07, 6.45) is 3.07. The van der Waals surface area contributed by atoms with E-state index in [1.54, 1.807) is 6.26 Å². The van der Waals surface area contributed by atoms with Crippen molar-refractivity contribution in [2.45, 2.75) is 32.9 Å². The molecule has 25 heavy (non-hydrogen) atoms. The first-order valence-electron chi connectivity index (χ1n) is 8.32. The molecule has 3 rings (SSSR count). The maximum absolute atomic E-state index is 8.85. The highest BCUT2D eigenvalue weighted by Gasteiger charge is 2.14. The lowest BCUT2D eigenvalue weighted by atomic mass is 10.1. The van der Waals surface area contributed by atoms with Gasteiger partial charge in [0.25, 0.3) is 0 Å². The molecule has 0 amide bonds. The zero-order chi connectivity index (χ0) is 17.5. The summed E-state index contributed by atoms with van der Waals surface area (Å²) in [5.41, 5.74) is 2.20. The summed E-state index contributed by atoms with van der Waals surface area (Å²) in [6.45, 7) is 3.80. The number of hydrogen-bond donors (Lipinski definition) is 0. The third-order valence-corrected chi connectivity index (χ3v) is 3.95. The molecule has 3 aromatic rings. The van der Waals surface area contributed by atoms with E-state index in [9.17, 15) is 0 Å². The summed E-state index contributed by atoms with van der Waals surface area (Å²) >= 11 is 0. The van der Waals surface area contributed by atoms with Gasteiger partial charge in [-0.3, -0.25) is 4.90 Å². The van der Waals surface area contributed by atoms with Crippen LogP contribution < -0.4 is 0 Å². The molecule has 0 aliphatic carbocycles. The van der Waals surface area contributed by atoms with Crippen LogP contribution >= 0.6 is 0 Å². The molecule has 128 valence electrons. The molecular formula is C19H20N4O2. The van der Waals surface area contributed by atoms with Gasteiger partial charge in [0.1, 0.15) is 5.76 Å². The van der Waals surface area contributed by atoms with Gasteiger partial charge >= 0.3 is 0 Å². The Morgan fingerprint density at radius 2 is 2.00 bits per heavy atom. The van der Waals surface area contributed by atoms with Crippen molar-refractivity contribution in [1.29, 1.82) is 5.26 Å². The zero-order valence-corrected chi connectivity index (χ0v) is 14.2.